The third-order valence-corrected chi connectivity index (χ3v) is 6.06. The van der Waals surface area contributed by atoms with Crippen LogP contribution in [-0.4, -0.2) is 25.2 Å². The van der Waals surface area contributed by atoms with Gasteiger partial charge in [-0.2, -0.15) is 5.10 Å². The van der Waals surface area contributed by atoms with Crippen molar-refractivity contribution in [3.8, 4) is 5.82 Å². The Morgan fingerprint density at radius 2 is 1.94 bits per heavy atom. The van der Waals surface area contributed by atoms with Crippen LogP contribution in [0.5, 0.6) is 0 Å². The van der Waals surface area contributed by atoms with E-state index in [1.807, 2.05) is 58.2 Å². The maximum atomic E-state index is 13.5. The number of fused-ring (bicyclic) bond motifs is 1. The van der Waals surface area contributed by atoms with Crippen LogP contribution in [0, 0.1) is 13.8 Å². The van der Waals surface area contributed by atoms with Crippen LogP contribution in [0.15, 0.2) is 65.4 Å². The quantitative estimate of drug-likeness (QED) is 0.472. The van der Waals surface area contributed by atoms with Crippen molar-refractivity contribution in [2.24, 2.45) is 0 Å². The molecule has 0 aliphatic carbocycles. The number of hydrogen-bond acceptors (Lipinski definition) is 4. The number of nitrogens with one attached hydrogen (secondary N) is 1. The molecule has 5 rings (SSSR count). The zero-order valence-corrected chi connectivity index (χ0v) is 18.7. The van der Waals surface area contributed by atoms with Crippen LogP contribution in [0.25, 0.3) is 5.82 Å². The van der Waals surface area contributed by atoms with Crippen LogP contribution in [0.2, 0.25) is 0 Å². The Balaban J connectivity index is 1.62. The molecule has 1 unspecified atom stereocenters. The van der Waals surface area contributed by atoms with E-state index in [1.54, 1.807) is 6.26 Å². The van der Waals surface area contributed by atoms with E-state index in [9.17, 15) is 4.79 Å². The third kappa shape index (κ3) is 3.21. The predicted octanol–water partition coefficient (Wildman–Crippen LogP) is 5.23. The molecule has 4 aromatic rings. The van der Waals surface area contributed by atoms with Crippen LogP contribution >= 0.6 is 0 Å². The molecule has 0 saturated carbocycles. The van der Waals surface area contributed by atoms with Crippen molar-refractivity contribution >= 4 is 11.6 Å². The molecule has 7 nitrogen and oxygen atoms in total. The lowest BCUT2D eigenvalue weighted by Crippen LogP contribution is -2.42. The Labute approximate surface area is 187 Å². The average molecular weight is 430 g/mol. The van der Waals surface area contributed by atoms with Gasteiger partial charge in [-0.3, -0.25) is 4.79 Å². The Bertz CT molecular complexity index is 1270. The standard InChI is InChI=1S/C25H27N5O2/c1-16(2)30-23(11-12-26-30)29-17(3)14-21(18(29)4)24-27-22-10-6-5-9-20(22)25(31)28(24)15-19-8-7-13-32-19/h5-14,16,24,27H,15H2,1-4H3. The number of anilines is 1. The maximum absolute atomic E-state index is 13.5. The molecular formula is C25H27N5O2. The van der Waals surface area contributed by atoms with E-state index >= 15 is 0 Å². The Kier molecular flexibility index (Phi) is 4.89. The summed E-state index contributed by atoms with van der Waals surface area (Å²) in [6.45, 7) is 8.80. The average Bonchev–Trinajstić information content (AvgIpc) is 3.51. The van der Waals surface area contributed by atoms with Gasteiger partial charge in [0.15, 0.2) is 0 Å². The molecule has 32 heavy (non-hydrogen) atoms. The normalized spacial score (nSPS) is 15.8. The Morgan fingerprint density at radius 1 is 1.12 bits per heavy atom. The highest BCUT2D eigenvalue weighted by atomic mass is 16.3. The molecule has 0 spiro atoms. The summed E-state index contributed by atoms with van der Waals surface area (Å²) in [5, 5.41) is 8.10. The molecule has 4 heterocycles. The summed E-state index contributed by atoms with van der Waals surface area (Å²) in [7, 11) is 0. The molecule has 1 amide bonds. The van der Waals surface area contributed by atoms with E-state index in [0.29, 0.717) is 12.1 Å². The number of carbonyl (C=O) groups excluding carboxylic acids is 1. The smallest absolute Gasteiger partial charge is 0.258 e. The van der Waals surface area contributed by atoms with Gasteiger partial charge < -0.3 is 19.2 Å². The molecular weight excluding hydrogens is 402 g/mol. The molecule has 3 aromatic heterocycles. The monoisotopic (exact) mass is 429 g/mol. The Hall–Kier alpha value is -3.74. The summed E-state index contributed by atoms with van der Waals surface area (Å²) >= 11 is 0. The van der Waals surface area contributed by atoms with Gasteiger partial charge in [-0.05, 0) is 58.0 Å². The van der Waals surface area contributed by atoms with Crippen LogP contribution in [0.4, 0.5) is 5.69 Å². The molecule has 0 bridgehead atoms. The highest BCUT2D eigenvalue weighted by molar-refractivity contribution is 6.01. The van der Waals surface area contributed by atoms with Gasteiger partial charge in [0.2, 0.25) is 0 Å². The van der Waals surface area contributed by atoms with E-state index in [1.165, 1.54) is 0 Å². The van der Waals surface area contributed by atoms with Crippen LogP contribution in [0.3, 0.4) is 0 Å². The first kappa shape index (κ1) is 20.2. The molecule has 1 aliphatic rings. The van der Waals surface area contributed by atoms with Gasteiger partial charge in [0, 0.05) is 34.7 Å². The predicted molar refractivity (Wildman–Crippen MR) is 123 cm³/mol. The number of para-hydroxylation sites is 1. The van der Waals surface area contributed by atoms with Crippen molar-refractivity contribution in [2.45, 2.75) is 46.4 Å². The van der Waals surface area contributed by atoms with E-state index in [0.717, 1.165) is 34.2 Å². The highest BCUT2D eigenvalue weighted by Crippen LogP contribution is 2.37. The molecule has 0 saturated heterocycles. The van der Waals surface area contributed by atoms with Gasteiger partial charge in [0.05, 0.1) is 24.6 Å². The summed E-state index contributed by atoms with van der Waals surface area (Å²) in [5.74, 6) is 1.75. The van der Waals surface area contributed by atoms with Gasteiger partial charge in [-0.15, -0.1) is 0 Å². The number of carbonyl (C=O) groups is 1. The van der Waals surface area contributed by atoms with Crippen molar-refractivity contribution in [1.82, 2.24) is 19.2 Å². The number of aromatic nitrogens is 3. The highest BCUT2D eigenvalue weighted by Gasteiger charge is 2.35. The summed E-state index contributed by atoms with van der Waals surface area (Å²) in [6.07, 6.45) is 3.15. The van der Waals surface area contributed by atoms with Crippen molar-refractivity contribution in [2.75, 3.05) is 5.32 Å². The lowest BCUT2D eigenvalue weighted by molar-refractivity contribution is 0.0651. The molecule has 0 fully saturated rings. The van der Waals surface area contributed by atoms with Crippen LogP contribution in [0.1, 0.15) is 59.1 Å². The minimum Gasteiger partial charge on any atom is -0.467 e. The van der Waals surface area contributed by atoms with Crippen molar-refractivity contribution in [1.29, 1.82) is 0 Å². The Morgan fingerprint density at radius 3 is 2.69 bits per heavy atom. The fourth-order valence-electron chi connectivity index (χ4n) is 4.57. The second kappa shape index (κ2) is 7.75. The summed E-state index contributed by atoms with van der Waals surface area (Å²) in [5.41, 5.74) is 4.72. The number of aryl methyl sites for hydroxylation is 1. The van der Waals surface area contributed by atoms with Gasteiger partial charge in [0.25, 0.3) is 5.91 Å². The maximum Gasteiger partial charge on any atom is 0.258 e. The number of benzene rings is 1. The first-order chi connectivity index (χ1) is 15.5. The first-order valence-corrected chi connectivity index (χ1v) is 10.9. The molecule has 1 aliphatic heterocycles. The minimum atomic E-state index is -0.321. The van der Waals surface area contributed by atoms with Gasteiger partial charge >= 0.3 is 0 Å². The molecule has 164 valence electrons. The number of rotatable bonds is 5. The van der Waals surface area contributed by atoms with Gasteiger partial charge in [-0.1, -0.05) is 12.1 Å². The zero-order chi connectivity index (χ0) is 22.4. The summed E-state index contributed by atoms with van der Waals surface area (Å²) in [6, 6.07) is 15.8. The van der Waals surface area contributed by atoms with Crippen molar-refractivity contribution in [3.63, 3.8) is 0 Å². The molecule has 1 N–H and O–H groups in total. The van der Waals surface area contributed by atoms with Crippen molar-refractivity contribution < 1.29 is 9.21 Å². The number of hydrogen-bond donors (Lipinski definition) is 1. The molecule has 1 atom stereocenters. The largest absolute Gasteiger partial charge is 0.467 e. The summed E-state index contributed by atoms with van der Waals surface area (Å²) in [4.78, 5) is 15.4. The lowest BCUT2D eigenvalue weighted by Gasteiger charge is -2.37. The number of nitrogens with zero attached hydrogens (tertiary/aromatic N) is 4. The van der Waals surface area contributed by atoms with E-state index < -0.39 is 0 Å². The van der Waals surface area contributed by atoms with Crippen LogP contribution < -0.4 is 5.32 Å². The van der Waals surface area contributed by atoms with Crippen LogP contribution in [-0.2, 0) is 6.54 Å². The first-order valence-electron chi connectivity index (χ1n) is 10.9. The minimum absolute atomic E-state index is 0.0159. The number of amides is 1. The fourth-order valence-corrected chi connectivity index (χ4v) is 4.57. The van der Waals surface area contributed by atoms with Gasteiger partial charge in [-0.25, -0.2) is 4.68 Å². The molecule has 1 aromatic carbocycles. The van der Waals surface area contributed by atoms with Crippen molar-refractivity contribution in [3.05, 3.63) is 89.3 Å². The fraction of sp³-hybridized carbons (Fsp3) is 0.280. The topological polar surface area (TPSA) is 68.2 Å². The number of furan rings is 1. The lowest BCUT2D eigenvalue weighted by atomic mass is 10.0. The SMILES string of the molecule is Cc1cc(C2Nc3ccccc3C(=O)N2Cc2ccco2)c(C)n1-c1ccnn1C(C)C. The molecule has 0 radical (unpaired) electrons. The second-order valence-corrected chi connectivity index (χ2v) is 8.49. The van der Waals surface area contributed by atoms with Gasteiger partial charge in [0.1, 0.15) is 17.7 Å². The summed E-state index contributed by atoms with van der Waals surface area (Å²) < 4.78 is 9.80. The van der Waals surface area contributed by atoms with E-state index in [-0.39, 0.29) is 18.1 Å². The van der Waals surface area contributed by atoms with E-state index in [4.69, 9.17) is 4.42 Å². The second-order valence-electron chi connectivity index (χ2n) is 8.49. The third-order valence-electron chi connectivity index (χ3n) is 6.06. The zero-order valence-electron chi connectivity index (χ0n) is 18.7. The van der Waals surface area contributed by atoms with E-state index in [2.05, 4.69) is 48.7 Å². The molecule has 7 heteroatoms.